The number of likely N-dealkylation sites (N-methyl/N-ethyl adjacent to an activating group) is 1. The van der Waals surface area contributed by atoms with Crippen molar-refractivity contribution in [3.05, 3.63) is 29.6 Å². The summed E-state index contributed by atoms with van der Waals surface area (Å²) in [6.45, 7) is 7.73. The van der Waals surface area contributed by atoms with Crippen LogP contribution < -0.4 is 10.1 Å². The molecule has 1 heterocycles. The van der Waals surface area contributed by atoms with Crippen LogP contribution in [0.2, 0.25) is 0 Å². The van der Waals surface area contributed by atoms with Crippen molar-refractivity contribution < 1.29 is 9.13 Å². The van der Waals surface area contributed by atoms with Crippen LogP contribution in [-0.2, 0) is 0 Å². The molecule has 0 bridgehead atoms. The highest BCUT2D eigenvalue weighted by Crippen LogP contribution is 2.23. The van der Waals surface area contributed by atoms with E-state index in [1.54, 1.807) is 6.07 Å². The Bertz CT molecular complexity index is 438. The molecule has 0 aromatic heterocycles. The van der Waals surface area contributed by atoms with E-state index in [0.717, 1.165) is 18.7 Å². The summed E-state index contributed by atoms with van der Waals surface area (Å²) >= 11 is 0. The summed E-state index contributed by atoms with van der Waals surface area (Å²) in [5.74, 6) is 0.00764. The maximum Gasteiger partial charge on any atom is 0.165 e. The van der Waals surface area contributed by atoms with Crippen molar-refractivity contribution in [1.29, 1.82) is 0 Å². The Morgan fingerprint density at radius 1 is 1.50 bits per heavy atom. The number of methoxy groups -OCH3 is 1. The largest absolute Gasteiger partial charge is 0.494 e. The molecule has 1 aromatic carbocycles. The highest BCUT2D eigenvalue weighted by atomic mass is 19.1. The van der Waals surface area contributed by atoms with E-state index in [2.05, 4.69) is 24.1 Å². The van der Waals surface area contributed by atoms with Crippen molar-refractivity contribution in [1.82, 2.24) is 10.2 Å². The van der Waals surface area contributed by atoms with Crippen LogP contribution in [0.5, 0.6) is 5.75 Å². The Hall–Kier alpha value is -1.13. The summed E-state index contributed by atoms with van der Waals surface area (Å²) in [5, 5.41) is 3.65. The molecule has 20 heavy (non-hydrogen) atoms. The van der Waals surface area contributed by atoms with Gasteiger partial charge >= 0.3 is 0 Å². The lowest BCUT2D eigenvalue weighted by Gasteiger charge is -2.34. The first-order valence-electron chi connectivity index (χ1n) is 7.46. The summed E-state index contributed by atoms with van der Waals surface area (Å²) in [6.07, 6.45) is 2.45. The molecule has 2 unspecified atom stereocenters. The third-order valence-corrected chi connectivity index (χ3v) is 4.11. The fourth-order valence-corrected chi connectivity index (χ4v) is 2.87. The highest BCUT2D eigenvalue weighted by Gasteiger charge is 2.20. The average Bonchev–Trinajstić information content (AvgIpc) is 2.47. The van der Waals surface area contributed by atoms with Crippen molar-refractivity contribution in [3.63, 3.8) is 0 Å². The summed E-state index contributed by atoms with van der Waals surface area (Å²) in [5.41, 5.74) is 1.07. The number of likely N-dealkylation sites (tertiary alicyclic amines) is 1. The number of piperidine rings is 1. The van der Waals surface area contributed by atoms with Gasteiger partial charge in [-0.3, -0.25) is 0 Å². The van der Waals surface area contributed by atoms with Crippen molar-refractivity contribution in [2.75, 3.05) is 26.7 Å². The minimum absolute atomic E-state index is 0.200. The van der Waals surface area contributed by atoms with Gasteiger partial charge in [0.15, 0.2) is 11.6 Å². The van der Waals surface area contributed by atoms with Crippen molar-refractivity contribution in [2.24, 2.45) is 0 Å². The summed E-state index contributed by atoms with van der Waals surface area (Å²) in [4.78, 5) is 2.47. The number of hydrogen-bond acceptors (Lipinski definition) is 3. The number of hydrogen-bond donors (Lipinski definition) is 1. The molecule has 1 saturated heterocycles. The van der Waals surface area contributed by atoms with Crippen LogP contribution in [0.15, 0.2) is 18.2 Å². The van der Waals surface area contributed by atoms with Gasteiger partial charge in [-0.1, -0.05) is 13.0 Å². The fraction of sp³-hybridized carbons (Fsp3) is 0.625. The van der Waals surface area contributed by atoms with Crippen LogP contribution in [0.1, 0.15) is 38.3 Å². The van der Waals surface area contributed by atoms with Crippen molar-refractivity contribution in [2.45, 2.75) is 38.8 Å². The van der Waals surface area contributed by atoms with Gasteiger partial charge in [0, 0.05) is 18.6 Å². The van der Waals surface area contributed by atoms with Crippen LogP contribution in [0.3, 0.4) is 0 Å². The molecular weight excluding hydrogens is 255 g/mol. The Kier molecular flexibility index (Phi) is 5.38. The molecule has 4 heteroatoms. The Labute approximate surface area is 121 Å². The number of halogens is 1. The molecule has 3 nitrogen and oxygen atoms in total. The normalized spacial score (nSPS) is 21.7. The van der Waals surface area contributed by atoms with E-state index in [9.17, 15) is 4.39 Å². The second-order valence-electron chi connectivity index (χ2n) is 5.51. The fourth-order valence-electron chi connectivity index (χ4n) is 2.87. The number of nitrogens with zero attached hydrogens (tertiary/aromatic N) is 1. The van der Waals surface area contributed by atoms with Crippen LogP contribution in [0.25, 0.3) is 0 Å². The summed E-state index contributed by atoms with van der Waals surface area (Å²) in [7, 11) is 1.50. The number of nitrogens with one attached hydrogen (secondary N) is 1. The lowest BCUT2D eigenvalue weighted by Crippen LogP contribution is -2.46. The first-order chi connectivity index (χ1) is 9.63. The molecule has 1 aliphatic rings. The SMILES string of the molecule is CCN1CCCC(NC(C)c2ccc(F)c(OC)c2)C1. The van der Waals surface area contributed by atoms with Gasteiger partial charge in [0.1, 0.15) is 0 Å². The van der Waals surface area contributed by atoms with E-state index in [-0.39, 0.29) is 11.9 Å². The van der Waals surface area contributed by atoms with Crippen molar-refractivity contribution in [3.8, 4) is 5.75 Å². The van der Waals surface area contributed by atoms with Crippen molar-refractivity contribution >= 4 is 0 Å². The van der Waals surface area contributed by atoms with E-state index < -0.39 is 0 Å². The van der Waals surface area contributed by atoms with E-state index in [4.69, 9.17) is 4.74 Å². The Morgan fingerprint density at radius 2 is 2.30 bits per heavy atom. The third kappa shape index (κ3) is 3.70. The predicted octanol–water partition coefficient (Wildman–Crippen LogP) is 2.97. The lowest BCUT2D eigenvalue weighted by molar-refractivity contribution is 0.192. The molecule has 1 N–H and O–H groups in total. The smallest absolute Gasteiger partial charge is 0.165 e. The van der Waals surface area contributed by atoms with Crippen LogP contribution >= 0.6 is 0 Å². The van der Waals surface area contributed by atoms with Crippen LogP contribution in [0, 0.1) is 5.82 Å². The van der Waals surface area contributed by atoms with E-state index in [1.165, 1.54) is 32.6 Å². The zero-order valence-corrected chi connectivity index (χ0v) is 12.7. The summed E-state index contributed by atoms with van der Waals surface area (Å²) in [6, 6.07) is 5.80. The van der Waals surface area contributed by atoms with Crippen LogP contribution in [-0.4, -0.2) is 37.7 Å². The molecule has 1 aliphatic heterocycles. The molecule has 1 fully saturated rings. The molecule has 0 saturated carbocycles. The number of benzene rings is 1. The number of rotatable bonds is 5. The van der Waals surface area contributed by atoms with Gasteiger partial charge in [0.25, 0.3) is 0 Å². The zero-order chi connectivity index (χ0) is 14.5. The first-order valence-corrected chi connectivity index (χ1v) is 7.46. The minimum atomic E-state index is -0.307. The Balaban J connectivity index is 1.99. The van der Waals surface area contributed by atoms with Gasteiger partial charge in [-0.05, 0) is 50.6 Å². The van der Waals surface area contributed by atoms with E-state index in [1.807, 2.05) is 6.07 Å². The highest BCUT2D eigenvalue weighted by molar-refractivity contribution is 5.32. The standard InChI is InChI=1S/C16H25FN2O/c1-4-19-9-5-6-14(11-19)18-12(2)13-7-8-15(17)16(10-13)20-3/h7-8,10,12,14,18H,4-6,9,11H2,1-3H3. The molecule has 2 atom stereocenters. The molecule has 0 amide bonds. The van der Waals surface area contributed by atoms with Gasteiger partial charge < -0.3 is 15.0 Å². The topological polar surface area (TPSA) is 24.5 Å². The molecule has 2 rings (SSSR count). The summed E-state index contributed by atoms with van der Waals surface area (Å²) < 4.78 is 18.5. The second-order valence-corrected chi connectivity index (χ2v) is 5.51. The lowest BCUT2D eigenvalue weighted by atomic mass is 10.0. The monoisotopic (exact) mass is 280 g/mol. The average molecular weight is 280 g/mol. The maximum absolute atomic E-state index is 13.4. The van der Waals surface area contributed by atoms with Crippen LogP contribution in [0.4, 0.5) is 4.39 Å². The molecule has 0 radical (unpaired) electrons. The molecule has 0 aliphatic carbocycles. The molecular formula is C16H25FN2O. The van der Waals surface area contributed by atoms with Gasteiger partial charge in [0.05, 0.1) is 7.11 Å². The molecule has 112 valence electrons. The van der Waals surface area contributed by atoms with E-state index in [0.29, 0.717) is 11.8 Å². The van der Waals surface area contributed by atoms with Gasteiger partial charge in [-0.15, -0.1) is 0 Å². The minimum Gasteiger partial charge on any atom is -0.494 e. The zero-order valence-electron chi connectivity index (χ0n) is 12.7. The Morgan fingerprint density at radius 3 is 3.00 bits per heavy atom. The van der Waals surface area contributed by atoms with Gasteiger partial charge in [-0.2, -0.15) is 0 Å². The number of ether oxygens (including phenoxy) is 1. The van der Waals surface area contributed by atoms with Gasteiger partial charge in [-0.25, -0.2) is 4.39 Å². The van der Waals surface area contributed by atoms with E-state index >= 15 is 0 Å². The second kappa shape index (κ2) is 7.04. The first kappa shape index (κ1) is 15.3. The quantitative estimate of drug-likeness (QED) is 0.897. The molecule has 0 spiro atoms. The van der Waals surface area contributed by atoms with Gasteiger partial charge in [0.2, 0.25) is 0 Å². The maximum atomic E-state index is 13.4. The molecule has 1 aromatic rings. The third-order valence-electron chi connectivity index (χ3n) is 4.11. The predicted molar refractivity (Wildman–Crippen MR) is 79.6 cm³/mol.